The first-order valence-electron chi connectivity index (χ1n) is 7.42. The number of rotatable bonds is 3. The topological polar surface area (TPSA) is 46.3 Å². The van der Waals surface area contributed by atoms with Crippen molar-refractivity contribution in [2.75, 3.05) is 7.05 Å². The number of benzene rings is 1. The Kier molecular flexibility index (Phi) is 3.78. The number of hydrogen-bond acceptors (Lipinski definition) is 3. The molecule has 21 heavy (non-hydrogen) atoms. The van der Waals surface area contributed by atoms with Crippen LogP contribution in [0.5, 0.6) is 0 Å². The molecule has 1 aromatic carbocycles. The molecule has 0 N–H and O–H groups in total. The van der Waals surface area contributed by atoms with E-state index >= 15 is 0 Å². The number of carbonyl (C=O) groups excluding carboxylic acids is 1. The zero-order valence-corrected chi connectivity index (χ0v) is 12.5. The molecule has 1 aromatic heterocycles. The van der Waals surface area contributed by atoms with Gasteiger partial charge in [0.1, 0.15) is 5.76 Å². The summed E-state index contributed by atoms with van der Waals surface area (Å²) in [7, 11) is 1.81. The minimum Gasteiger partial charge on any atom is -0.360 e. The maximum atomic E-state index is 12.6. The number of aryl methyl sites for hydroxylation is 1. The Balaban J connectivity index is 1.78. The molecular weight excluding hydrogens is 264 g/mol. The van der Waals surface area contributed by atoms with E-state index in [0.717, 1.165) is 36.1 Å². The molecule has 1 heterocycles. The summed E-state index contributed by atoms with van der Waals surface area (Å²) in [4.78, 5) is 14.3. The van der Waals surface area contributed by atoms with Crippen LogP contribution in [0.25, 0.3) is 0 Å². The van der Waals surface area contributed by atoms with Crippen molar-refractivity contribution < 1.29 is 9.32 Å². The highest BCUT2D eigenvalue weighted by Gasteiger charge is 2.28. The van der Waals surface area contributed by atoms with Crippen LogP contribution in [0.1, 0.15) is 40.7 Å². The molecule has 4 heteroatoms. The van der Waals surface area contributed by atoms with Crippen LogP contribution in [0, 0.1) is 5.92 Å². The van der Waals surface area contributed by atoms with Gasteiger partial charge in [-0.1, -0.05) is 42.4 Å². The van der Waals surface area contributed by atoms with E-state index in [0.29, 0.717) is 18.2 Å². The Morgan fingerprint density at radius 3 is 2.90 bits per heavy atom. The Bertz CT molecular complexity index is 633. The first-order valence-corrected chi connectivity index (χ1v) is 7.42. The van der Waals surface area contributed by atoms with Gasteiger partial charge in [-0.3, -0.25) is 4.79 Å². The summed E-state index contributed by atoms with van der Waals surface area (Å²) in [5.74, 6) is 1.42. The lowest BCUT2D eigenvalue weighted by Gasteiger charge is -2.19. The van der Waals surface area contributed by atoms with E-state index in [9.17, 15) is 4.79 Å². The van der Waals surface area contributed by atoms with Gasteiger partial charge in [0.2, 0.25) is 0 Å². The minimum absolute atomic E-state index is 0.0575. The smallest absolute Gasteiger partial charge is 0.276 e. The SMILES string of the molecule is C[C@H]1CCc2onc(C(=O)N(C)Cc3ccccc3)c2C1. The summed E-state index contributed by atoms with van der Waals surface area (Å²) in [5, 5.41) is 4.03. The summed E-state index contributed by atoms with van der Waals surface area (Å²) in [6.45, 7) is 2.79. The lowest BCUT2D eigenvalue weighted by molar-refractivity contribution is 0.0773. The maximum Gasteiger partial charge on any atom is 0.276 e. The van der Waals surface area contributed by atoms with Crippen LogP contribution < -0.4 is 0 Å². The van der Waals surface area contributed by atoms with Crippen LogP contribution in [0.2, 0.25) is 0 Å². The number of amides is 1. The van der Waals surface area contributed by atoms with E-state index in [1.807, 2.05) is 37.4 Å². The summed E-state index contributed by atoms with van der Waals surface area (Å²) >= 11 is 0. The van der Waals surface area contributed by atoms with Crippen molar-refractivity contribution >= 4 is 5.91 Å². The van der Waals surface area contributed by atoms with Gasteiger partial charge in [0.25, 0.3) is 5.91 Å². The van der Waals surface area contributed by atoms with Gasteiger partial charge < -0.3 is 9.42 Å². The summed E-state index contributed by atoms with van der Waals surface area (Å²) in [5.41, 5.74) is 2.62. The molecule has 0 aliphatic heterocycles. The van der Waals surface area contributed by atoms with Gasteiger partial charge in [-0.05, 0) is 24.3 Å². The molecule has 0 bridgehead atoms. The fourth-order valence-electron chi connectivity index (χ4n) is 2.86. The summed E-state index contributed by atoms with van der Waals surface area (Å²) < 4.78 is 5.36. The van der Waals surface area contributed by atoms with Crippen molar-refractivity contribution in [3.05, 3.63) is 52.9 Å². The van der Waals surface area contributed by atoms with Gasteiger partial charge in [-0.15, -0.1) is 0 Å². The van der Waals surface area contributed by atoms with Gasteiger partial charge in [0.15, 0.2) is 5.69 Å². The molecule has 3 rings (SSSR count). The van der Waals surface area contributed by atoms with Crippen LogP contribution in [0.15, 0.2) is 34.9 Å². The van der Waals surface area contributed by atoms with E-state index < -0.39 is 0 Å². The van der Waals surface area contributed by atoms with Crippen molar-refractivity contribution in [2.45, 2.75) is 32.7 Å². The van der Waals surface area contributed by atoms with Crippen LogP contribution >= 0.6 is 0 Å². The second kappa shape index (κ2) is 5.72. The minimum atomic E-state index is -0.0575. The highest BCUT2D eigenvalue weighted by Crippen LogP contribution is 2.28. The molecule has 1 amide bonds. The van der Waals surface area contributed by atoms with Crippen LogP contribution in [-0.2, 0) is 19.4 Å². The van der Waals surface area contributed by atoms with Gasteiger partial charge in [0, 0.05) is 25.6 Å². The molecule has 4 nitrogen and oxygen atoms in total. The number of aromatic nitrogens is 1. The third-order valence-electron chi connectivity index (χ3n) is 4.10. The maximum absolute atomic E-state index is 12.6. The van der Waals surface area contributed by atoms with E-state index in [-0.39, 0.29) is 5.91 Å². The van der Waals surface area contributed by atoms with Crippen molar-refractivity contribution in [3.8, 4) is 0 Å². The quantitative estimate of drug-likeness (QED) is 0.870. The molecule has 0 radical (unpaired) electrons. The molecule has 1 atom stereocenters. The molecule has 0 fully saturated rings. The first kappa shape index (κ1) is 13.9. The standard InChI is InChI=1S/C17H20N2O2/c1-12-8-9-15-14(10-12)16(18-21-15)17(20)19(2)11-13-6-4-3-5-7-13/h3-7,12H,8-11H2,1-2H3/t12-/m0/s1. The van der Waals surface area contributed by atoms with Crippen LogP contribution in [0.4, 0.5) is 0 Å². The Labute approximate surface area is 124 Å². The second-order valence-corrected chi connectivity index (χ2v) is 5.93. The number of nitrogens with zero attached hydrogens (tertiary/aromatic N) is 2. The van der Waals surface area contributed by atoms with Gasteiger partial charge in [-0.2, -0.15) is 0 Å². The molecule has 2 aromatic rings. The molecule has 110 valence electrons. The number of fused-ring (bicyclic) bond motifs is 1. The fourth-order valence-corrected chi connectivity index (χ4v) is 2.86. The van der Waals surface area contributed by atoms with E-state index in [4.69, 9.17) is 4.52 Å². The fraction of sp³-hybridized carbons (Fsp3) is 0.412. The monoisotopic (exact) mass is 284 g/mol. The van der Waals surface area contributed by atoms with Crippen molar-refractivity contribution in [1.82, 2.24) is 10.1 Å². The molecule has 1 aliphatic carbocycles. The van der Waals surface area contributed by atoms with Gasteiger partial charge >= 0.3 is 0 Å². The first-order chi connectivity index (χ1) is 10.1. The van der Waals surface area contributed by atoms with Gasteiger partial charge in [0.05, 0.1) is 0 Å². The number of carbonyl (C=O) groups is 1. The third kappa shape index (κ3) is 2.84. The summed E-state index contributed by atoms with van der Waals surface area (Å²) in [6, 6.07) is 9.97. The average Bonchev–Trinajstić information content (AvgIpc) is 2.90. The molecule has 0 saturated carbocycles. The molecule has 0 unspecified atom stereocenters. The Morgan fingerprint density at radius 2 is 2.14 bits per heavy atom. The lowest BCUT2D eigenvalue weighted by Crippen LogP contribution is -2.28. The molecular formula is C17H20N2O2. The largest absolute Gasteiger partial charge is 0.360 e. The Morgan fingerprint density at radius 1 is 1.38 bits per heavy atom. The van der Waals surface area contributed by atoms with Crippen LogP contribution in [-0.4, -0.2) is 23.0 Å². The molecule has 1 aliphatic rings. The van der Waals surface area contributed by atoms with Crippen LogP contribution in [0.3, 0.4) is 0 Å². The highest BCUT2D eigenvalue weighted by atomic mass is 16.5. The van der Waals surface area contributed by atoms with E-state index in [1.165, 1.54) is 0 Å². The highest BCUT2D eigenvalue weighted by molar-refractivity contribution is 5.93. The Hall–Kier alpha value is -2.10. The molecule has 0 spiro atoms. The second-order valence-electron chi connectivity index (χ2n) is 5.93. The predicted molar refractivity (Wildman–Crippen MR) is 79.9 cm³/mol. The molecule has 0 saturated heterocycles. The number of hydrogen-bond donors (Lipinski definition) is 0. The van der Waals surface area contributed by atoms with E-state index in [2.05, 4.69) is 12.1 Å². The lowest BCUT2D eigenvalue weighted by atomic mass is 9.88. The van der Waals surface area contributed by atoms with E-state index in [1.54, 1.807) is 4.90 Å². The normalized spacial score (nSPS) is 17.3. The van der Waals surface area contributed by atoms with Crippen molar-refractivity contribution in [2.24, 2.45) is 5.92 Å². The zero-order valence-electron chi connectivity index (χ0n) is 12.5. The van der Waals surface area contributed by atoms with Crippen molar-refractivity contribution in [3.63, 3.8) is 0 Å². The van der Waals surface area contributed by atoms with Crippen molar-refractivity contribution in [1.29, 1.82) is 0 Å². The third-order valence-corrected chi connectivity index (χ3v) is 4.10. The average molecular weight is 284 g/mol. The predicted octanol–water partition coefficient (Wildman–Crippen LogP) is 3.07. The van der Waals surface area contributed by atoms with Gasteiger partial charge in [-0.25, -0.2) is 0 Å². The summed E-state index contributed by atoms with van der Waals surface area (Å²) in [6.07, 6.45) is 2.88. The zero-order chi connectivity index (χ0) is 14.8.